The number of aliphatic imine (C=N–C) groups is 1. The number of nitrogens with one attached hydrogen (secondary N) is 2. The van der Waals surface area contributed by atoms with Crippen molar-refractivity contribution in [3.05, 3.63) is 57.5 Å². The van der Waals surface area contributed by atoms with E-state index in [2.05, 4.69) is 15.6 Å². The van der Waals surface area contributed by atoms with Crippen molar-refractivity contribution >= 4 is 35.2 Å². The second-order valence-corrected chi connectivity index (χ2v) is 6.93. The van der Waals surface area contributed by atoms with Crippen LogP contribution in [0.2, 0.25) is 5.02 Å². The first-order valence-electron chi connectivity index (χ1n) is 8.01. The zero-order valence-corrected chi connectivity index (χ0v) is 15.5. The van der Waals surface area contributed by atoms with Gasteiger partial charge in [-0.3, -0.25) is 4.99 Å². The molecule has 2 aliphatic heterocycles. The molecule has 1 aromatic carbocycles. The molecule has 0 aliphatic carbocycles. The quantitative estimate of drug-likeness (QED) is 0.662. The molecule has 2 atom stereocenters. The number of hydrogen-bond acceptors (Lipinski definition) is 7. The van der Waals surface area contributed by atoms with Crippen LogP contribution in [-0.4, -0.2) is 30.3 Å². The molecule has 1 aromatic rings. The molecule has 0 aromatic heterocycles. The Morgan fingerprint density at radius 2 is 2.31 bits per heavy atom. The second kappa shape index (κ2) is 8.11. The molecule has 2 heterocycles. The summed E-state index contributed by atoms with van der Waals surface area (Å²) in [6.45, 7) is 2.02. The maximum absolute atomic E-state index is 13.5. The lowest BCUT2D eigenvalue weighted by atomic mass is 9.95. The number of carbonyl (C=O) groups excluding carboxylic acids is 1. The van der Waals surface area contributed by atoms with Crippen molar-refractivity contribution in [3.63, 3.8) is 0 Å². The molecule has 3 rings (SSSR count). The first-order valence-corrected chi connectivity index (χ1v) is 9.33. The van der Waals surface area contributed by atoms with Crippen molar-refractivity contribution in [2.24, 2.45) is 10.7 Å². The number of ether oxygens (including phenoxy) is 1. The molecule has 0 saturated carbocycles. The number of halogens is 2. The molecule has 2 aliphatic rings. The van der Waals surface area contributed by atoms with Crippen LogP contribution in [0.1, 0.15) is 18.5 Å². The topological polar surface area (TPSA) is 88.7 Å². The molecular formula is C17H18ClFN4O2S. The van der Waals surface area contributed by atoms with E-state index in [1.807, 2.05) is 11.6 Å². The minimum atomic E-state index is -0.736. The Kier molecular flexibility index (Phi) is 5.85. The van der Waals surface area contributed by atoms with Crippen molar-refractivity contribution < 1.29 is 13.9 Å². The Morgan fingerprint density at radius 3 is 2.92 bits per heavy atom. The Morgan fingerprint density at radius 1 is 1.50 bits per heavy atom. The van der Waals surface area contributed by atoms with E-state index >= 15 is 0 Å². The van der Waals surface area contributed by atoms with Crippen LogP contribution in [0.3, 0.4) is 0 Å². The summed E-state index contributed by atoms with van der Waals surface area (Å²) in [7, 11) is 0. The van der Waals surface area contributed by atoms with E-state index in [9.17, 15) is 9.18 Å². The fourth-order valence-corrected chi connectivity index (χ4v) is 3.73. The fraction of sp³-hybridized carbons (Fsp3) is 0.294. The maximum Gasteiger partial charge on any atom is 0.338 e. The van der Waals surface area contributed by atoms with Crippen LogP contribution < -0.4 is 16.4 Å². The van der Waals surface area contributed by atoms with Crippen molar-refractivity contribution in [2.45, 2.75) is 18.3 Å². The number of benzene rings is 1. The molecule has 6 nitrogen and oxygen atoms in total. The minimum absolute atomic E-state index is 0.0906. The van der Waals surface area contributed by atoms with Gasteiger partial charge >= 0.3 is 5.97 Å². The average molecular weight is 397 g/mol. The SMILES string of the molecule is CCOC(=O)C1=C(CN)NC(C2NC=CS2)=NC1c1ccc(F)cc1Cl. The van der Waals surface area contributed by atoms with Gasteiger partial charge in [0.15, 0.2) is 0 Å². The molecular weight excluding hydrogens is 379 g/mol. The van der Waals surface area contributed by atoms with Gasteiger partial charge in [-0.1, -0.05) is 29.4 Å². The molecule has 9 heteroatoms. The predicted molar refractivity (Wildman–Crippen MR) is 101 cm³/mol. The molecule has 0 saturated heterocycles. The van der Waals surface area contributed by atoms with E-state index < -0.39 is 17.8 Å². The lowest BCUT2D eigenvalue weighted by Gasteiger charge is -2.29. The van der Waals surface area contributed by atoms with Gasteiger partial charge in [0, 0.05) is 29.0 Å². The van der Waals surface area contributed by atoms with E-state index in [0.717, 1.165) is 0 Å². The van der Waals surface area contributed by atoms with Crippen LogP contribution >= 0.6 is 23.4 Å². The molecule has 26 heavy (non-hydrogen) atoms. The van der Waals surface area contributed by atoms with Crippen molar-refractivity contribution in [2.75, 3.05) is 13.2 Å². The Bertz CT molecular complexity index is 804. The van der Waals surface area contributed by atoms with E-state index in [0.29, 0.717) is 17.1 Å². The van der Waals surface area contributed by atoms with E-state index in [4.69, 9.17) is 22.1 Å². The summed E-state index contributed by atoms with van der Waals surface area (Å²) < 4.78 is 18.7. The van der Waals surface area contributed by atoms with E-state index in [1.165, 1.54) is 30.0 Å². The summed E-state index contributed by atoms with van der Waals surface area (Å²) in [5.41, 5.74) is 7.17. The first-order chi connectivity index (χ1) is 12.5. The maximum atomic E-state index is 13.5. The number of nitrogens with zero attached hydrogens (tertiary/aromatic N) is 1. The second-order valence-electron chi connectivity index (χ2n) is 5.51. The highest BCUT2D eigenvalue weighted by molar-refractivity contribution is 8.03. The zero-order chi connectivity index (χ0) is 18.7. The number of carbonyl (C=O) groups is 1. The average Bonchev–Trinajstić information content (AvgIpc) is 3.15. The van der Waals surface area contributed by atoms with Gasteiger partial charge in [-0.05, 0) is 24.5 Å². The summed E-state index contributed by atoms with van der Waals surface area (Å²) in [5.74, 6) is -0.382. The minimum Gasteiger partial charge on any atom is -0.463 e. The lowest BCUT2D eigenvalue weighted by Crippen LogP contribution is -2.44. The van der Waals surface area contributed by atoms with Crippen molar-refractivity contribution in [3.8, 4) is 0 Å². The third kappa shape index (κ3) is 3.72. The van der Waals surface area contributed by atoms with Crippen LogP contribution in [0.15, 0.2) is 46.1 Å². The summed E-state index contributed by atoms with van der Waals surface area (Å²) in [5, 5.41) is 8.23. The smallest absolute Gasteiger partial charge is 0.338 e. The largest absolute Gasteiger partial charge is 0.463 e. The fourth-order valence-electron chi connectivity index (χ4n) is 2.74. The van der Waals surface area contributed by atoms with Gasteiger partial charge in [-0.15, -0.1) is 0 Å². The Labute approximate surface area is 159 Å². The third-order valence-corrected chi connectivity index (χ3v) is 5.13. The number of esters is 1. The molecule has 0 bridgehead atoms. The molecule has 2 unspecified atom stereocenters. The van der Waals surface area contributed by atoms with Gasteiger partial charge in [0.25, 0.3) is 0 Å². The highest BCUT2D eigenvalue weighted by atomic mass is 35.5. The lowest BCUT2D eigenvalue weighted by molar-refractivity contribution is -0.138. The number of amidine groups is 1. The summed E-state index contributed by atoms with van der Waals surface area (Å²) in [6, 6.07) is 3.27. The van der Waals surface area contributed by atoms with Gasteiger partial charge in [-0.25, -0.2) is 9.18 Å². The number of hydrogen-bond donors (Lipinski definition) is 3. The standard InChI is InChI=1S/C17H18ClFN4O2S/c1-2-25-17(24)13-12(8-20)22-15(16-21-5-6-26-16)23-14(13)10-4-3-9(19)7-11(10)18/h3-7,14,16,21H,2,8,20H2,1H3,(H,22,23). The van der Waals surface area contributed by atoms with Crippen LogP contribution in [0.25, 0.3) is 0 Å². The van der Waals surface area contributed by atoms with Crippen LogP contribution in [0.5, 0.6) is 0 Å². The van der Waals surface area contributed by atoms with Gasteiger partial charge < -0.3 is 21.1 Å². The monoisotopic (exact) mass is 396 g/mol. The molecule has 0 amide bonds. The predicted octanol–water partition coefficient (Wildman–Crippen LogP) is 2.43. The molecule has 0 radical (unpaired) electrons. The van der Waals surface area contributed by atoms with Gasteiger partial charge in [0.2, 0.25) is 0 Å². The summed E-state index contributed by atoms with van der Waals surface area (Å²) >= 11 is 7.77. The molecule has 0 fully saturated rings. The summed E-state index contributed by atoms with van der Waals surface area (Å²) in [4.78, 5) is 17.2. The van der Waals surface area contributed by atoms with E-state index in [1.54, 1.807) is 6.92 Å². The van der Waals surface area contributed by atoms with Crippen molar-refractivity contribution in [1.82, 2.24) is 10.6 Å². The number of rotatable bonds is 5. The van der Waals surface area contributed by atoms with Crippen LogP contribution in [0.4, 0.5) is 4.39 Å². The zero-order valence-electron chi connectivity index (χ0n) is 14.0. The number of nitrogens with two attached hydrogens (primary N) is 1. The normalized spacial score (nSPS) is 21.9. The van der Waals surface area contributed by atoms with Crippen molar-refractivity contribution in [1.29, 1.82) is 0 Å². The molecule has 4 N–H and O–H groups in total. The van der Waals surface area contributed by atoms with Gasteiger partial charge in [-0.2, -0.15) is 0 Å². The number of thioether (sulfide) groups is 1. The highest BCUT2D eigenvalue weighted by Gasteiger charge is 2.34. The van der Waals surface area contributed by atoms with Crippen LogP contribution in [-0.2, 0) is 9.53 Å². The van der Waals surface area contributed by atoms with Gasteiger partial charge in [0.1, 0.15) is 23.1 Å². The van der Waals surface area contributed by atoms with Gasteiger partial charge in [0.05, 0.1) is 12.2 Å². The van der Waals surface area contributed by atoms with Crippen LogP contribution in [0, 0.1) is 5.82 Å². The molecule has 138 valence electrons. The third-order valence-electron chi connectivity index (χ3n) is 3.88. The highest BCUT2D eigenvalue weighted by Crippen LogP contribution is 2.36. The van der Waals surface area contributed by atoms with E-state index in [-0.39, 0.29) is 29.1 Å². The first kappa shape index (κ1) is 18.8. The molecule has 0 spiro atoms. The Balaban J connectivity index is 2.08. The summed E-state index contributed by atoms with van der Waals surface area (Å²) in [6.07, 6.45) is 1.81. The Hall–Kier alpha value is -2.03.